The second-order valence-corrected chi connectivity index (χ2v) is 8.21. The van der Waals surface area contributed by atoms with Gasteiger partial charge >= 0.3 is 0 Å². The number of ketones is 1. The standard InChI is InChI=1S/C19H28N2O2S/c1-14-7-8-15(2)21(14)16-5-3-11-20(13-16)19(23)10-9-17(22)18-6-4-12-24-18/h4,6,12,14-16H,3,5,7-11,13H2,1-2H3/t14-,15+,16-/m0/s1. The highest BCUT2D eigenvalue weighted by atomic mass is 32.1. The molecule has 2 aliphatic heterocycles. The third-order valence-corrected chi connectivity index (χ3v) is 6.46. The Labute approximate surface area is 148 Å². The van der Waals surface area contributed by atoms with Crippen LogP contribution in [-0.2, 0) is 4.79 Å². The Morgan fingerprint density at radius 2 is 1.92 bits per heavy atom. The van der Waals surface area contributed by atoms with Crippen molar-refractivity contribution in [3.8, 4) is 0 Å². The summed E-state index contributed by atoms with van der Waals surface area (Å²) < 4.78 is 0. The van der Waals surface area contributed by atoms with Gasteiger partial charge in [-0.1, -0.05) is 6.07 Å². The molecule has 0 spiro atoms. The first-order valence-electron chi connectivity index (χ1n) is 9.18. The maximum atomic E-state index is 12.6. The van der Waals surface area contributed by atoms with Gasteiger partial charge in [0.2, 0.25) is 5.91 Å². The predicted octanol–water partition coefficient (Wildman–Crippen LogP) is 3.57. The van der Waals surface area contributed by atoms with Gasteiger partial charge in [-0.15, -0.1) is 11.3 Å². The molecule has 0 saturated carbocycles. The minimum Gasteiger partial charge on any atom is -0.341 e. The van der Waals surface area contributed by atoms with E-state index in [0.717, 1.165) is 24.4 Å². The number of carbonyl (C=O) groups excluding carboxylic acids is 2. The van der Waals surface area contributed by atoms with Crippen molar-refractivity contribution >= 4 is 23.0 Å². The molecule has 2 aliphatic rings. The van der Waals surface area contributed by atoms with E-state index in [2.05, 4.69) is 18.7 Å². The average molecular weight is 349 g/mol. The number of hydrogen-bond donors (Lipinski definition) is 0. The fraction of sp³-hybridized carbons (Fsp3) is 0.684. The molecule has 0 radical (unpaired) electrons. The predicted molar refractivity (Wildman–Crippen MR) is 97.5 cm³/mol. The number of Topliss-reactive ketones (excluding diaryl/α,β-unsaturated/α-hetero) is 1. The van der Waals surface area contributed by atoms with E-state index in [4.69, 9.17) is 0 Å². The summed E-state index contributed by atoms with van der Waals surface area (Å²) >= 11 is 1.45. The molecule has 5 heteroatoms. The quantitative estimate of drug-likeness (QED) is 0.764. The summed E-state index contributed by atoms with van der Waals surface area (Å²) in [7, 11) is 0. The van der Waals surface area contributed by atoms with Crippen molar-refractivity contribution in [3.05, 3.63) is 22.4 Å². The molecule has 3 heterocycles. The smallest absolute Gasteiger partial charge is 0.223 e. The van der Waals surface area contributed by atoms with Crippen molar-refractivity contribution in [2.24, 2.45) is 0 Å². The lowest BCUT2D eigenvalue weighted by Crippen LogP contribution is -2.52. The van der Waals surface area contributed by atoms with Crippen LogP contribution in [0.1, 0.15) is 62.0 Å². The molecule has 1 amide bonds. The number of likely N-dealkylation sites (tertiary alicyclic amines) is 2. The van der Waals surface area contributed by atoms with Crippen molar-refractivity contribution in [2.75, 3.05) is 13.1 Å². The number of hydrogen-bond acceptors (Lipinski definition) is 4. The lowest BCUT2D eigenvalue weighted by Gasteiger charge is -2.41. The number of thiophene rings is 1. The van der Waals surface area contributed by atoms with Crippen LogP contribution in [-0.4, -0.2) is 52.7 Å². The molecular formula is C19H28N2O2S. The van der Waals surface area contributed by atoms with Gasteiger partial charge in [-0.05, 0) is 51.0 Å². The lowest BCUT2D eigenvalue weighted by molar-refractivity contribution is -0.133. The summed E-state index contributed by atoms with van der Waals surface area (Å²) in [6, 6.07) is 5.46. The Kier molecular flexibility index (Phi) is 5.72. The van der Waals surface area contributed by atoms with Gasteiger partial charge in [0.15, 0.2) is 5.78 Å². The molecule has 2 saturated heterocycles. The summed E-state index contributed by atoms with van der Waals surface area (Å²) in [5.41, 5.74) is 0. The molecule has 2 fully saturated rings. The van der Waals surface area contributed by atoms with Gasteiger partial charge in [-0.25, -0.2) is 0 Å². The molecule has 0 N–H and O–H groups in total. The van der Waals surface area contributed by atoms with Crippen LogP contribution >= 0.6 is 11.3 Å². The Hall–Kier alpha value is -1.20. The van der Waals surface area contributed by atoms with Gasteiger partial charge in [0.1, 0.15) is 0 Å². The lowest BCUT2D eigenvalue weighted by atomic mass is 10.0. The SMILES string of the molecule is C[C@@H]1CC[C@H](C)N1[C@H]1CCCN(C(=O)CCC(=O)c2cccs2)C1. The maximum Gasteiger partial charge on any atom is 0.223 e. The maximum absolute atomic E-state index is 12.6. The first-order chi connectivity index (χ1) is 11.6. The molecule has 24 heavy (non-hydrogen) atoms. The van der Waals surface area contributed by atoms with Crippen molar-refractivity contribution in [2.45, 2.75) is 70.5 Å². The fourth-order valence-corrected chi connectivity index (χ4v) is 4.99. The van der Waals surface area contributed by atoms with E-state index < -0.39 is 0 Å². The average Bonchev–Trinajstić information content (AvgIpc) is 3.23. The normalized spacial score (nSPS) is 28.2. The van der Waals surface area contributed by atoms with E-state index in [9.17, 15) is 9.59 Å². The van der Waals surface area contributed by atoms with Gasteiger partial charge in [0.25, 0.3) is 0 Å². The summed E-state index contributed by atoms with van der Waals surface area (Å²) in [4.78, 5) is 30.0. The molecular weight excluding hydrogens is 320 g/mol. The third-order valence-electron chi connectivity index (χ3n) is 5.55. The molecule has 0 aliphatic carbocycles. The third kappa shape index (κ3) is 3.89. The Bertz CT molecular complexity index is 562. The molecule has 4 nitrogen and oxygen atoms in total. The van der Waals surface area contributed by atoms with E-state index >= 15 is 0 Å². The number of nitrogens with zero attached hydrogens (tertiary/aromatic N) is 2. The van der Waals surface area contributed by atoms with E-state index in [1.807, 2.05) is 22.4 Å². The molecule has 3 rings (SSSR count). The van der Waals surface area contributed by atoms with Crippen LogP contribution in [0.5, 0.6) is 0 Å². The first-order valence-corrected chi connectivity index (χ1v) is 10.1. The highest BCUT2D eigenvalue weighted by Crippen LogP contribution is 2.30. The number of rotatable bonds is 5. The fourth-order valence-electron chi connectivity index (χ4n) is 4.30. The molecule has 0 bridgehead atoms. The Morgan fingerprint density at radius 3 is 2.58 bits per heavy atom. The zero-order chi connectivity index (χ0) is 17.1. The van der Waals surface area contributed by atoms with Gasteiger partial charge < -0.3 is 4.90 Å². The van der Waals surface area contributed by atoms with Crippen molar-refractivity contribution in [1.29, 1.82) is 0 Å². The topological polar surface area (TPSA) is 40.6 Å². The minimum absolute atomic E-state index is 0.0914. The van der Waals surface area contributed by atoms with Crippen LogP contribution < -0.4 is 0 Å². The number of piperidine rings is 1. The molecule has 132 valence electrons. The van der Waals surface area contributed by atoms with Gasteiger partial charge in [0, 0.05) is 44.1 Å². The zero-order valence-electron chi connectivity index (χ0n) is 14.7. The van der Waals surface area contributed by atoms with Gasteiger partial charge in [0.05, 0.1) is 4.88 Å². The van der Waals surface area contributed by atoms with Crippen molar-refractivity contribution in [3.63, 3.8) is 0 Å². The van der Waals surface area contributed by atoms with E-state index in [-0.39, 0.29) is 11.7 Å². The molecule has 1 aromatic rings. The van der Waals surface area contributed by atoms with Gasteiger partial charge in [-0.3, -0.25) is 14.5 Å². The molecule has 0 aromatic carbocycles. The van der Waals surface area contributed by atoms with Crippen LogP contribution in [0.25, 0.3) is 0 Å². The second kappa shape index (κ2) is 7.79. The van der Waals surface area contributed by atoms with Crippen LogP contribution in [0.2, 0.25) is 0 Å². The number of amides is 1. The monoisotopic (exact) mass is 348 g/mol. The first kappa shape index (κ1) is 17.6. The number of carbonyl (C=O) groups is 2. The van der Waals surface area contributed by atoms with E-state index in [1.54, 1.807) is 0 Å². The van der Waals surface area contributed by atoms with Crippen LogP contribution in [0.3, 0.4) is 0 Å². The van der Waals surface area contributed by atoms with E-state index in [1.165, 1.54) is 30.6 Å². The summed E-state index contributed by atoms with van der Waals surface area (Å²) in [5, 5.41) is 1.91. The summed E-state index contributed by atoms with van der Waals surface area (Å²) in [6.07, 6.45) is 5.46. The molecule has 1 aromatic heterocycles. The van der Waals surface area contributed by atoms with Crippen molar-refractivity contribution < 1.29 is 9.59 Å². The van der Waals surface area contributed by atoms with Gasteiger partial charge in [-0.2, -0.15) is 0 Å². The van der Waals surface area contributed by atoms with Crippen LogP contribution in [0.4, 0.5) is 0 Å². The van der Waals surface area contributed by atoms with Crippen LogP contribution in [0.15, 0.2) is 17.5 Å². The minimum atomic E-state index is 0.0914. The molecule has 3 atom stereocenters. The summed E-state index contributed by atoms with van der Waals surface area (Å²) in [6.45, 7) is 6.30. The molecule has 0 unspecified atom stereocenters. The highest BCUT2D eigenvalue weighted by Gasteiger charge is 2.36. The van der Waals surface area contributed by atoms with Crippen molar-refractivity contribution in [1.82, 2.24) is 9.80 Å². The van der Waals surface area contributed by atoms with Crippen LogP contribution in [0, 0.1) is 0 Å². The second-order valence-electron chi connectivity index (χ2n) is 7.26. The highest BCUT2D eigenvalue weighted by molar-refractivity contribution is 7.12. The van der Waals surface area contributed by atoms with E-state index in [0.29, 0.717) is 31.0 Å². The zero-order valence-corrected chi connectivity index (χ0v) is 15.6. The largest absolute Gasteiger partial charge is 0.341 e. The Balaban J connectivity index is 1.52. The summed E-state index contributed by atoms with van der Waals surface area (Å²) in [5.74, 6) is 0.234. The Morgan fingerprint density at radius 1 is 1.17 bits per heavy atom.